The lowest BCUT2D eigenvalue weighted by Crippen LogP contribution is -2.41. The fourth-order valence-electron chi connectivity index (χ4n) is 3.32. The Morgan fingerprint density at radius 2 is 1.43 bits per heavy atom. The third kappa shape index (κ3) is 2.39. The quantitative estimate of drug-likeness (QED) is 0.594. The molecule has 0 spiro atoms. The molecular weight excluding hydrogens is 351 g/mol. The summed E-state index contributed by atoms with van der Waals surface area (Å²) < 4.78 is 13.5. The van der Waals surface area contributed by atoms with E-state index in [0.29, 0.717) is 0 Å². The van der Waals surface area contributed by atoms with Crippen molar-refractivity contribution in [3.8, 4) is 11.1 Å². The lowest BCUT2D eigenvalue weighted by Gasteiger charge is -2.32. The van der Waals surface area contributed by atoms with Crippen molar-refractivity contribution in [1.82, 2.24) is 0 Å². The van der Waals surface area contributed by atoms with Gasteiger partial charge < -0.3 is 9.31 Å². The molecule has 118 valence electrons. The minimum atomic E-state index is -0.301. The number of rotatable bonds is 1. The van der Waals surface area contributed by atoms with Gasteiger partial charge in [-0.15, -0.1) is 0 Å². The first-order valence-corrected chi connectivity index (χ1v) is 8.83. The molecule has 1 saturated heterocycles. The molecule has 23 heavy (non-hydrogen) atoms. The highest BCUT2D eigenvalue weighted by Crippen LogP contribution is 2.39. The highest BCUT2D eigenvalue weighted by atomic mass is 79.9. The number of hydrogen-bond acceptors (Lipinski definition) is 2. The summed E-state index contributed by atoms with van der Waals surface area (Å²) in [6.07, 6.45) is 0.970. The van der Waals surface area contributed by atoms with E-state index in [9.17, 15) is 0 Å². The van der Waals surface area contributed by atoms with Gasteiger partial charge >= 0.3 is 7.12 Å². The standard InChI is InChI=1S/C19H20BBrO2/c1-18(2)19(3,4)23-20(22-18)14-5-7-16-12(10-14)9-13-11-15(21)6-8-17(13)16/h5-8,10-11H,9H2,1-4H3. The van der Waals surface area contributed by atoms with E-state index in [1.165, 1.54) is 22.3 Å². The number of benzene rings is 2. The Bertz CT molecular complexity index is 782. The molecular formula is C19H20BBrO2. The Morgan fingerprint density at radius 1 is 0.870 bits per heavy atom. The first-order valence-electron chi connectivity index (χ1n) is 8.04. The Hall–Kier alpha value is -1.10. The third-order valence-corrected chi connectivity index (χ3v) is 5.89. The summed E-state index contributed by atoms with van der Waals surface area (Å²) in [5.74, 6) is 0. The SMILES string of the molecule is CC1(C)OB(c2ccc3c(c2)Cc2cc(Br)ccc2-3)OC1(C)C. The van der Waals surface area contributed by atoms with Crippen molar-refractivity contribution in [1.29, 1.82) is 0 Å². The zero-order valence-corrected chi connectivity index (χ0v) is 15.5. The van der Waals surface area contributed by atoms with E-state index in [1.54, 1.807) is 0 Å². The number of fused-ring (bicyclic) bond motifs is 3. The zero-order valence-electron chi connectivity index (χ0n) is 13.9. The van der Waals surface area contributed by atoms with E-state index < -0.39 is 0 Å². The van der Waals surface area contributed by atoms with E-state index in [2.05, 4.69) is 80.0 Å². The smallest absolute Gasteiger partial charge is 0.399 e. The van der Waals surface area contributed by atoms with Crippen molar-refractivity contribution in [3.63, 3.8) is 0 Å². The highest BCUT2D eigenvalue weighted by Gasteiger charge is 2.51. The van der Waals surface area contributed by atoms with Crippen molar-refractivity contribution in [2.45, 2.75) is 45.3 Å². The molecule has 0 amide bonds. The van der Waals surface area contributed by atoms with E-state index in [-0.39, 0.29) is 18.3 Å². The molecule has 1 heterocycles. The van der Waals surface area contributed by atoms with Crippen LogP contribution in [0.15, 0.2) is 40.9 Å². The second-order valence-corrected chi connectivity index (χ2v) is 8.40. The molecule has 4 rings (SSSR count). The van der Waals surface area contributed by atoms with Crippen LogP contribution in [-0.4, -0.2) is 18.3 Å². The van der Waals surface area contributed by atoms with Gasteiger partial charge in [-0.1, -0.05) is 40.2 Å². The van der Waals surface area contributed by atoms with E-state index in [0.717, 1.165) is 16.4 Å². The molecule has 2 nitrogen and oxygen atoms in total. The average molecular weight is 371 g/mol. The fourth-order valence-corrected chi connectivity index (χ4v) is 3.73. The molecule has 2 aromatic carbocycles. The van der Waals surface area contributed by atoms with Crippen LogP contribution in [-0.2, 0) is 15.7 Å². The van der Waals surface area contributed by atoms with Crippen LogP contribution in [0.4, 0.5) is 0 Å². The first kappa shape index (κ1) is 15.4. The van der Waals surface area contributed by atoms with Crippen molar-refractivity contribution in [3.05, 3.63) is 52.0 Å². The number of halogens is 1. The van der Waals surface area contributed by atoms with Crippen LogP contribution in [0.3, 0.4) is 0 Å². The van der Waals surface area contributed by atoms with Gasteiger partial charge in [-0.05, 0) is 74.0 Å². The maximum Gasteiger partial charge on any atom is 0.494 e. The molecule has 0 N–H and O–H groups in total. The monoisotopic (exact) mass is 370 g/mol. The van der Waals surface area contributed by atoms with Crippen LogP contribution in [0.2, 0.25) is 0 Å². The summed E-state index contributed by atoms with van der Waals surface area (Å²) in [7, 11) is -0.291. The van der Waals surface area contributed by atoms with Crippen LogP contribution in [0, 0.1) is 0 Å². The van der Waals surface area contributed by atoms with Crippen LogP contribution in [0.25, 0.3) is 11.1 Å². The van der Waals surface area contributed by atoms with Gasteiger partial charge in [0.25, 0.3) is 0 Å². The van der Waals surface area contributed by atoms with Gasteiger partial charge in [0.05, 0.1) is 11.2 Å². The van der Waals surface area contributed by atoms with Crippen molar-refractivity contribution < 1.29 is 9.31 Å². The van der Waals surface area contributed by atoms with Gasteiger partial charge in [0.1, 0.15) is 0 Å². The minimum absolute atomic E-state index is 0.291. The molecule has 4 heteroatoms. The largest absolute Gasteiger partial charge is 0.494 e. The minimum Gasteiger partial charge on any atom is -0.399 e. The second kappa shape index (κ2) is 4.95. The van der Waals surface area contributed by atoms with Gasteiger partial charge in [-0.2, -0.15) is 0 Å². The van der Waals surface area contributed by atoms with Crippen LogP contribution < -0.4 is 5.46 Å². The molecule has 0 saturated carbocycles. The lowest BCUT2D eigenvalue weighted by molar-refractivity contribution is 0.00578. The van der Waals surface area contributed by atoms with Crippen LogP contribution in [0.5, 0.6) is 0 Å². The first-order chi connectivity index (χ1) is 10.8. The molecule has 0 aromatic heterocycles. The van der Waals surface area contributed by atoms with Crippen molar-refractivity contribution >= 4 is 28.5 Å². The van der Waals surface area contributed by atoms with Crippen molar-refractivity contribution in [2.75, 3.05) is 0 Å². The third-order valence-electron chi connectivity index (χ3n) is 5.39. The molecule has 0 radical (unpaired) electrons. The lowest BCUT2D eigenvalue weighted by atomic mass is 9.78. The predicted molar refractivity (Wildman–Crippen MR) is 98.1 cm³/mol. The van der Waals surface area contributed by atoms with Crippen LogP contribution in [0.1, 0.15) is 38.8 Å². The molecule has 1 aliphatic carbocycles. The summed E-state index contributed by atoms with van der Waals surface area (Å²) in [5.41, 5.74) is 5.89. The molecule has 0 bridgehead atoms. The Labute approximate surface area is 146 Å². The molecule has 1 aliphatic heterocycles. The Morgan fingerprint density at radius 3 is 2.09 bits per heavy atom. The summed E-state index contributed by atoms with van der Waals surface area (Å²) >= 11 is 3.56. The Balaban J connectivity index is 1.68. The summed E-state index contributed by atoms with van der Waals surface area (Å²) in [4.78, 5) is 0. The topological polar surface area (TPSA) is 18.5 Å². The predicted octanol–water partition coefficient (Wildman–Crippen LogP) is 4.32. The van der Waals surface area contributed by atoms with Gasteiger partial charge in [0.15, 0.2) is 0 Å². The summed E-state index contributed by atoms with van der Waals surface area (Å²) in [6, 6.07) is 13.1. The summed E-state index contributed by atoms with van der Waals surface area (Å²) in [6.45, 7) is 8.36. The fraction of sp³-hybridized carbons (Fsp3) is 0.368. The van der Waals surface area contributed by atoms with Gasteiger partial charge in [-0.25, -0.2) is 0 Å². The summed E-state index contributed by atoms with van der Waals surface area (Å²) in [5, 5.41) is 0. The molecule has 2 aromatic rings. The number of hydrogen-bond donors (Lipinski definition) is 0. The molecule has 0 unspecified atom stereocenters. The van der Waals surface area contributed by atoms with E-state index >= 15 is 0 Å². The maximum absolute atomic E-state index is 6.18. The van der Waals surface area contributed by atoms with Crippen LogP contribution >= 0.6 is 15.9 Å². The van der Waals surface area contributed by atoms with Gasteiger partial charge in [-0.3, -0.25) is 0 Å². The maximum atomic E-state index is 6.18. The highest BCUT2D eigenvalue weighted by molar-refractivity contribution is 9.10. The van der Waals surface area contributed by atoms with E-state index in [4.69, 9.17) is 9.31 Å². The van der Waals surface area contributed by atoms with E-state index in [1.807, 2.05) is 0 Å². The van der Waals surface area contributed by atoms with Gasteiger partial charge in [0, 0.05) is 4.47 Å². The van der Waals surface area contributed by atoms with Crippen molar-refractivity contribution in [2.24, 2.45) is 0 Å². The Kier molecular flexibility index (Phi) is 3.32. The molecule has 0 atom stereocenters. The zero-order chi connectivity index (χ0) is 16.4. The second-order valence-electron chi connectivity index (χ2n) is 7.48. The average Bonchev–Trinajstić information content (AvgIpc) is 2.91. The van der Waals surface area contributed by atoms with Gasteiger partial charge in [0.2, 0.25) is 0 Å². The molecule has 1 fully saturated rings. The normalized spacial score (nSPS) is 20.5. The molecule has 2 aliphatic rings.